The van der Waals surface area contributed by atoms with Crippen LogP contribution >= 0.6 is 0 Å². The van der Waals surface area contributed by atoms with Gasteiger partial charge in [0.25, 0.3) is 5.69 Å². The Labute approximate surface area is 130 Å². The van der Waals surface area contributed by atoms with E-state index in [9.17, 15) is 20.5 Å². The fourth-order valence-corrected chi connectivity index (χ4v) is 2.15. The quantitative estimate of drug-likeness (QED) is 0.453. The van der Waals surface area contributed by atoms with Gasteiger partial charge in [0, 0.05) is 12.1 Å². The Balaban J connectivity index is 2.10. The second-order valence-corrected chi connectivity index (χ2v) is 4.75. The lowest BCUT2D eigenvalue weighted by molar-refractivity contribution is -0.385. The Bertz CT molecular complexity index is 949. The van der Waals surface area contributed by atoms with Gasteiger partial charge < -0.3 is 10.1 Å². The van der Waals surface area contributed by atoms with Crippen LogP contribution in [0.5, 0.6) is 5.75 Å². The second kappa shape index (κ2) is 5.61. The molecule has 0 spiro atoms. The number of aromatic nitrogens is 2. The van der Waals surface area contributed by atoms with Gasteiger partial charge in [-0.25, -0.2) is 4.98 Å². The van der Waals surface area contributed by atoms with Crippen molar-refractivity contribution in [1.29, 1.82) is 5.26 Å². The van der Waals surface area contributed by atoms with Gasteiger partial charge in [-0.05, 0) is 23.8 Å². The van der Waals surface area contributed by atoms with Crippen molar-refractivity contribution < 1.29 is 10.0 Å². The highest BCUT2D eigenvalue weighted by molar-refractivity contribution is 5.91. The van der Waals surface area contributed by atoms with Gasteiger partial charge in [-0.15, -0.1) is 5.75 Å². The number of para-hydroxylation sites is 2. The zero-order chi connectivity index (χ0) is 16.4. The number of hydrogen-bond donors (Lipinski definition) is 1. The SMILES string of the molecule is N#C/C(=C\c1cc([N+](=O)[O-])ccc1[O-])c1nc2ccccc2[nH]1. The first-order valence-electron chi connectivity index (χ1n) is 6.61. The highest BCUT2D eigenvalue weighted by atomic mass is 16.6. The van der Waals surface area contributed by atoms with Crippen molar-refractivity contribution in [1.82, 2.24) is 9.97 Å². The first-order chi connectivity index (χ1) is 11.1. The molecule has 0 saturated heterocycles. The molecule has 1 N–H and O–H groups in total. The highest BCUT2D eigenvalue weighted by Crippen LogP contribution is 2.26. The van der Waals surface area contributed by atoms with Crippen molar-refractivity contribution in [3.8, 4) is 11.8 Å². The summed E-state index contributed by atoms with van der Waals surface area (Å²) in [6, 6.07) is 12.6. The molecule has 0 atom stereocenters. The monoisotopic (exact) mass is 305 g/mol. The van der Waals surface area contributed by atoms with Crippen molar-refractivity contribution in [2.75, 3.05) is 0 Å². The lowest BCUT2D eigenvalue weighted by Gasteiger charge is -2.09. The van der Waals surface area contributed by atoms with E-state index in [0.29, 0.717) is 11.3 Å². The van der Waals surface area contributed by atoms with Crippen molar-refractivity contribution in [3.63, 3.8) is 0 Å². The standard InChI is InChI=1S/C16H10N4O3/c17-9-11(16-18-13-3-1-2-4-14(13)19-16)7-10-8-12(20(22)23)5-6-15(10)21/h1-8,21H,(H,18,19)/p-1/b11-7+. The molecule has 0 unspecified atom stereocenters. The normalized spacial score (nSPS) is 11.3. The van der Waals surface area contributed by atoms with E-state index in [0.717, 1.165) is 23.7 Å². The van der Waals surface area contributed by atoms with Gasteiger partial charge in [0.15, 0.2) is 0 Å². The van der Waals surface area contributed by atoms with Crippen LogP contribution in [0.4, 0.5) is 5.69 Å². The molecule has 0 saturated carbocycles. The summed E-state index contributed by atoms with van der Waals surface area (Å²) in [6.45, 7) is 0. The molecule has 1 aromatic heterocycles. The molecule has 0 bridgehead atoms. The molecule has 1 heterocycles. The third-order valence-corrected chi connectivity index (χ3v) is 3.27. The number of nitro groups is 1. The minimum absolute atomic E-state index is 0.0659. The maximum absolute atomic E-state index is 11.8. The van der Waals surface area contributed by atoms with Gasteiger partial charge in [0.2, 0.25) is 0 Å². The van der Waals surface area contributed by atoms with E-state index < -0.39 is 10.7 Å². The van der Waals surface area contributed by atoms with E-state index in [1.54, 1.807) is 6.07 Å². The number of imidazole rings is 1. The Morgan fingerprint density at radius 2 is 2.09 bits per heavy atom. The van der Waals surface area contributed by atoms with E-state index in [1.165, 1.54) is 6.08 Å². The third kappa shape index (κ3) is 2.73. The molecule has 2 aromatic carbocycles. The predicted molar refractivity (Wildman–Crippen MR) is 82.1 cm³/mol. The third-order valence-electron chi connectivity index (χ3n) is 3.27. The van der Waals surface area contributed by atoms with Crippen LogP contribution in [0, 0.1) is 21.4 Å². The molecule has 7 heteroatoms. The van der Waals surface area contributed by atoms with E-state index in [-0.39, 0.29) is 16.8 Å². The maximum Gasteiger partial charge on any atom is 0.269 e. The summed E-state index contributed by atoms with van der Waals surface area (Å²) in [5.74, 6) is -0.0981. The Hall–Kier alpha value is -3.66. The summed E-state index contributed by atoms with van der Waals surface area (Å²) in [7, 11) is 0. The second-order valence-electron chi connectivity index (χ2n) is 4.75. The number of nitrogens with zero attached hydrogens (tertiary/aromatic N) is 3. The van der Waals surface area contributed by atoms with E-state index in [2.05, 4.69) is 9.97 Å². The molecule has 3 aromatic rings. The molecule has 0 radical (unpaired) electrons. The Morgan fingerprint density at radius 1 is 1.30 bits per heavy atom. The van der Waals surface area contributed by atoms with E-state index >= 15 is 0 Å². The van der Waals surface area contributed by atoms with Crippen LogP contribution in [-0.2, 0) is 0 Å². The van der Waals surface area contributed by atoms with Gasteiger partial charge in [0.1, 0.15) is 11.9 Å². The summed E-state index contributed by atoms with van der Waals surface area (Å²) >= 11 is 0. The molecular formula is C16H9N4O3-. The van der Waals surface area contributed by atoms with Gasteiger partial charge in [-0.3, -0.25) is 10.1 Å². The van der Waals surface area contributed by atoms with Crippen LogP contribution in [0.1, 0.15) is 11.4 Å². The van der Waals surface area contributed by atoms with Crippen LogP contribution in [0.2, 0.25) is 0 Å². The molecular weight excluding hydrogens is 296 g/mol. The Morgan fingerprint density at radius 3 is 2.78 bits per heavy atom. The van der Waals surface area contributed by atoms with Crippen molar-refractivity contribution in [2.24, 2.45) is 0 Å². The molecule has 0 aliphatic heterocycles. The summed E-state index contributed by atoms with van der Waals surface area (Å²) in [5.41, 5.74) is 1.42. The first kappa shape index (κ1) is 14.3. The minimum atomic E-state index is -0.593. The lowest BCUT2D eigenvalue weighted by Crippen LogP contribution is -1.96. The van der Waals surface area contributed by atoms with Crippen LogP contribution in [-0.4, -0.2) is 14.9 Å². The van der Waals surface area contributed by atoms with Gasteiger partial charge in [-0.1, -0.05) is 18.2 Å². The van der Waals surface area contributed by atoms with Crippen LogP contribution in [0.25, 0.3) is 22.7 Å². The fourth-order valence-electron chi connectivity index (χ4n) is 2.15. The van der Waals surface area contributed by atoms with E-state index in [4.69, 9.17) is 0 Å². The molecule has 112 valence electrons. The molecule has 0 amide bonds. The van der Waals surface area contributed by atoms with Crippen molar-refractivity contribution in [3.05, 3.63) is 64.0 Å². The number of nitriles is 1. The number of benzene rings is 2. The van der Waals surface area contributed by atoms with Crippen LogP contribution in [0.15, 0.2) is 42.5 Å². The summed E-state index contributed by atoms with van der Waals surface area (Å²) in [6.07, 6.45) is 1.30. The van der Waals surface area contributed by atoms with Gasteiger partial charge in [-0.2, -0.15) is 5.26 Å². The number of allylic oxidation sites excluding steroid dienone is 1. The largest absolute Gasteiger partial charge is 0.872 e. The highest BCUT2D eigenvalue weighted by Gasteiger charge is 2.10. The average molecular weight is 305 g/mol. The molecule has 23 heavy (non-hydrogen) atoms. The lowest BCUT2D eigenvalue weighted by atomic mass is 10.1. The predicted octanol–water partition coefficient (Wildman–Crippen LogP) is 2.61. The number of non-ortho nitro benzene ring substituents is 1. The summed E-state index contributed by atoms with van der Waals surface area (Å²) in [5, 5.41) is 32.0. The Kier molecular flexibility index (Phi) is 3.49. The average Bonchev–Trinajstić information content (AvgIpc) is 2.97. The molecule has 3 rings (SSSR count). The number of H-pyrrole nitrogens is 1. The molecule has 0 aliphatic carbocycles. The van der Waals surface area contributed by atoms with Crippen LogP contribution < -0.4 is 5.11 Å². The minimum Gasteiger partial charge on any atom is -0.872 e. The number of hydrogen-bond acceptors (Lipinski definition) is 5. The fraction of sp³-hybridized carbons (Fsp3) is 0. The maximum atomic E-state index is 11.8. The zero-order valence-electron chi connectivity index (χ0n) is 11.7. The van der Waals surface area contributed by atoms with Crippen LogP contribution in [0.3, 0.4) is 0 Å². The number of nitrogens with one attached hydrogen (secondary N) is 1. The summed E-state index contributed by atoms with van der Waals surface area (Å²) in [4.78, 5) is 17.5. The smallest absolute Gasteiger partial charge is 0.269 e. The number of rotatable bonds is 3. The van der Waals surface area contributed by atoms with Crippen molar-refractivity contribution in [2.45, 2.75) is 0 Å². The van der Waals surface area contributed by atoms with Gasteiger partial charge in [0.05, 0.1) is 21.5 Å². The number of nitro benzene ring substituents is 1. The summed E-state index contributed by atoms with van der Waals surface area (Å²) < 4.78 is 0. The zero-order valence-corrected chi connectivity index (χ0v) is 11.7. The van der Waals surface area contributed by atoms with E-state index in [1.807, 2.05) is 24.3 Å². The number of fused-ring (bicyclic) bond motifs is 1. The topological polar surface area (TPSA) is 119 Å². The number of aromatic amines is 1. The molecule has 0 aliphatic rings. The van der Waals surface area contributed by atoms with Crippen molar-refractivity contribution >= 4 is 28.4 Å². The molecule has 0 fully saturated rings. The molecule has 7 nitrogen and oxygen atoms in total. The van der Waals surface area contributed by atoms with Gasteiger partial charge >= 0.3 is 0 Å². The first-order valence-corrected chi connectivity index (χ1v) is 6.61.